The van der Waals surface area contributed by atoms with Crippen molar-refractivity contribution in [1.29, 1.82) is 0 Å². The summed E-state index contributed by atoms with van der Waals surface area (Å²) in [7, 11) is -1.21. The van der Waals surface area contributed by atoms with E-state index in [0.717, 1.165) is 18.2 Å². The quantitative estimate of drug-likeness (QED) is 0.395. The van der Waals surface area contributed by atoms with E-state index in [1.807, 2.05) is 0 Å². The van der Waals surface area contributed by atoms with Gasteiger partial charge in [0.1, 0.15) is 12.2 Å². The van der Waals surface area contributed by atoms with Crippen molar-refractivity contribution in [3.8, 4) is 0 Å². The second-order valence-corrected chi connectivity index (χ2v) is 12.8. The molecule has 0 radical (unpaired) electrons. The van der Waals surface area contributed by atoms with Crippen molar-refractivity contribution in [2.45, 2.75) is 43.9 Å². The molecule has 0 amide bonds. The lowest BCUT2D eigenvalue weighted by atomic mass is 10.1. The highest BCUT2D eigenvalue weighted by Gasteiger charge is 2.32. The molecular formula is C14H19BrF3N3OSi. The fourth-order valence-electron chi connectivity index (χ4n) is 2.03. The molecule has 1 aromatic heterocycles. The maximum absolute atomic E-state index is 13.0. The minimum Gasteiger partial charge on any atom is -0.359 e. The van der Waals surface area contributed by atoms with Crippen LogP contribution in [0.5, 0.6) is 0 Å². The average Bonchev–Trinajstić information content (AvgIpc) is 2.84. The molecule has 4 nitrogen and oxygen atoms in total. The summed E-state index contributed by atoms with van der Waals surface area (Å²) in [6.07, 6.45) is -4.40. The Morgan fingerprint density at radius 3 is 2.52 bits per heavy atom. The van der Waals surface area contributed by atoms with E-state index in [-0.39, 0.29) is 12.1 Å². The summed E-state index contributed by atoms with van der Waals surface area (Å²) in [5, 5.41) is 8.19. The molecule has 0 aliphatic rings. The number of fused-ring (bicyclic) bond motifs is 1. The van der Waals surface area contributed by atoms with Crippen molar-refractivity contribution in [1.82, 2.24) is 15.0 Å². The predicted molar refractivity (Wildman–Crippen MR) is 89.3 cm³/mol. The van der Waals surface area contributed by atoms with Crippen LogP contribution in [0.1, 0.15) is 11.1 Å². The second-order valence-electron chi connectivity index (χ2n) is 6.57. The molecule has 0 fully saturated rings. The van der Waals surface area contributed by atoms with E-state index in [1.165, 1.54) is 4.68 Å². The molecule has 0 aliphatic carbocycles. The van der Waals surface area contributed by atoms with Gasteiger partial charge in [0.15, 0.2) is 0 Å². The number of halogens is 4. The third-order valence-corrected chi connectivity index (χ3v) is 5.69. The molecule has 0 spiro atoms. The van der Waals surface area contributed by atoms with Crippen molar-refractivity contribution < 1.29 is 17.9 Å². The number of benzene rings is 1. The maximum Gasteiger partial charge on any atom is 0.416 e. The van der Waals surface area contributed by atoms with Gasteiger partial charge in [-0.3, -0.25) is 0 Å². The van der Waals surface area contributed by atoms with Gasteiger partial charge in [-0.1, -0.05) is 40.8 Å². The van der Waals surface area contributed by atoms with Gasteiger partial charge in [0.05, 0.1) is 11.1 Å². The molecule has 0 saturated carbocycles. The maximum atomic E-state index is 13.0. The lowest BCUT2D eigenvalue weighted by molar-refractivity contribution is -0.137. The summed E-state index contributed by atoms with van der Waals surface area (Å²) >= 11 is 3.20. The number of nitrogens with zero attached hydrogens (tertiary/aromatic N) is 3. The Morgan fingerprint density at radius 1 is 1.26 bits per heavy atom. The summed E-state index contributed by atoms with van der Waals surface area (Å²) in [4.78, 5) is 0. The topological polar surface area (TPSA) is 39.9 Å². The van der Waals surface area contributed by atoms with E-state index < -0.39 is 19.8 Å². The molecule has 0 N–H and O–H groups in total. The average molecular weight is 410 g/mol. The number of alkyl halides is 4. The van der Waals surface area contributed by atoms with Gasteiger partial charge in [0.25, 0.3) is 0 Å². The van der Waals surface area contributed by atoms with Crippen LogP contribution in [0.15, 0.2) is 12.1 Å². The molecular weight excluding hydrogens is 391 g/mol. The minimum atomic E-state index is -4.40. The summed E-state index contributed by atoms with van der Waals surface area (Å²) in [5.74, 6) is 0. The molecule has 2 aromatic rings. The first-order chi connectivity index (χ1) is 10.6. The SMILES string of the molecule is C[Si](C)(C)CCOCn1nnc2c(CBr)cc(C(F)(F)F)cc21. The lowest BCUT2D eigenvalue weighted by Gasteiger charge is -2.15. The molecule has 23 heavy (non-hydrogen) atoms. The molecule has 1 aromatic carbocycles. The van der Waals surface area contributed by atoms with Gasteiger partial charge < -0.3 is 4.74 Å². The van der Waals surface area contributed by atoms with E-state index >= 15 is 0 Å². The van der Waals surface area contributed by atoms with Gasteiger partial charge in [-0.05, 0) is 23.7 Å². The molecule has 9 heteroatoms. The van der Waals surface area contributed by atoms with Crippen LogP contribution in [0.25, 0.3) is 11.0 Å². The van der Waals surface area contributed by atoms with Crippen LogP contribution in [0.4, 0.5) is 13.2 Å². The highest BCUT2D eigenvalue weighted by molar-refractivity contribution is 9.08. The number of aromatic nitrogens is 3. The van der Waals surface area contributed by atoms with E-state index in [9.17, 15) is 13.2 Å². The smallest absolute Gasteiger partial charge is 0.359 e. The normalized spacial score (nSPS) is 13.0. The largest absolute Gasteiger partial charge is 0.416 e. The summed E-state index contributed by atoms with van der Waals surface area (Å²) in [5.41, 5.74) is 0.555. The highest BCUT2D eigenvalue weighted by Crippen LogP contribution is 2.33. The number of ether oxygens (including phenoxy) is 1. The van der Waals surface area contributed by atoms with Crippen LogP contribution in [0.3, 0.4) is 0 Å². The van der Waals surface area contributed by atoms with Crippen LogP contribution in [0, 0.1) is 0 Å². The van der Waals surface area contributed by atoms with Crippen LogP contribution in [-0.4, -0.2) is 29.7 Å². The molecule has 0 bridgehead atoms. The molecule has 128 valence electrons. The Labute approximate surface area is 142 Å². The van der Waals surface area contributed by atoms with Gasteiger partial charge in [-0.15, -0.1) is 5.10 Å². The van der Waals surface area contributed by atoms with E-state index in [2.05, 4.69) is 45.9 Å². The first-order valence-corrected chi connectivity index (χ1v) is 12.0. The summed E-state index contributed by atoms with van der Waals surface area (Å²) < 4.78 is 46.0. The zero-order valence-corrected chi connectivity index (χ0v) is 15.8. The molecule has 1 heterocycles. The van der Waals surface area contributed by atoms with Crippen molar-refractivity contribution in [2.75, 3.05) is 6.61 Å². The molecule has 0 saturated heterocycles. The fourth-order valence-corrected chi connectivity index (χ4v) is 3.21. The van der Waals surface area contributed by atoms with Gasteiger partial charge in [-0.25, -0.2) is 4.68 Å². The Morgan fingerprint density at radius 2 is 1.96 bits per heavy atom. The monoisotopic (exact) mass is 409 g/mol. The second kappa shape index (κ2) is 6.90. The Balaban J connectivity index is 2.24. The van der Waals surface area contributed by atoms with Crippen LogP contribution in [-0.2, 0) is 23.0 Å². The predicted octanol–water partition coefficient (Wildman–Crippen LogP) is 4.66. The van der Waals surface area contributed by atoms with E-state index in [1.54, 1.807) is 0 Å². The third-order valence-electron chi connectivity index (χ3n) is 3.38. The highest BCUT2D eigenvalue weighted by atomic mass is 79.9. The molecule has 0 unspecified atom stereocenters. The van der Waals surface area contributed by atoms with Gasteiger partial charge >= 0.3 is 6.18 Å². The van der Waals surface area contributed by atoms with Gasteiger partial charge in [0.2, 0.25) is 0 Å². The van der Waals surface area contributed by atoms with Crippen molar-refractivity contribution in [3.05, 3.63) is 23.3 Å². The number of hydrogen-bond donors (Lipinski definition) is 0. The number of rotatable bonds is 6. The Bertz CT molecular complexity index is 682. The lowest BCUT2D eigenvalue weighted by Crippen LogP contribution is -2.22. The van der Waals surface area contributed by atoms with Crippen LogP contribution >= 0.6 is 15.9 Å². The number of hydrogen-bond acceptors (Lipinski definition) is 3. The zero-order valence-electron chi connectivity index (χ0n) is 13.2. The van der Waals surface area contributed by atoms with E-state index in [4.69, 9.17) is 4.74 Å². The van der Waals surface area contributed by atoms with Gasteiger partial charge in [0, 0.05) is 20.0 Å². The minimum absolute atomic E-state index is 0.101. The Kier molecular flexibility index (Phi) is 5.52. The molecule has 2 rings (SSSR count). The zero-order chi connectivity index (χ0) is 17.3. The van der Waals surface area contributed by atoms with Crippen molar-refractivity contribution >= 4 is 35.0 Å². The van der Waals surface area contributed by atoms with Crippen molar-refractivity contribution in [2.24, 2.45) is 0 Å². The molecule has 0 aliphatic heterocycles. The van der Waals surface area contributed by atoms with Crippen LogP contribution in [0.2, 0.25) is 25.7 Å². The summed E-state index contributed by atoms with van der Waals surface area (Å²) in [6.45, 7) is 7.38. The molecule has 0 atom stereocenters. The first-order valence-electron chi connectivity index (χ1n) is 7.19. The van der Waals surface area contributed by atoms with Crippen LogP contribution < -0.4 is 0 Å². The van der Waals surface area contributed by atoms with Crippen molar-refractivity contribution in [3.63, 3.8) is 0 Å². The fraction of sp³-hybridized carbons (Fsp3) is 0.571. The first kappa shape index (κ1) is 18.4. The Hall–Kier alpha value is -0.933. The summed E-state index contributed by atoms with van der Waals surface area (Å²) in [6, 6.07) is 3.16. The van der Waals surface area contributed by atoms with Gasteiger partial charge in [-0.2, -0.15) is 13.2 Å². The standard InChI is InChI=1S/C14H19BrF3N3OSi/c1-23(2,3)5-4-22-9-21-12-7-11(14(16,17)18)6-10(8-15)13(12)19-20-21/h6-7H,4-5,8-9H2,1-3H3. The third kappa shape index (κ3) is 4.77. The van der Waals surface area contributed by atoms with E-state index in [0.29, 0.717) is 23.2 Å².